The molecule has 0 heterocycles. The standard InChI is InChI=1S/C28H37ClN2O5/c1-17(32)13-20-7-12-26(35-3)23(14-20)18(2)31-25-11-10-22(15-24(25)29)27(33)30-16-19-5-8-21(9-6-19)28(34)36-4/h7,10-12,14-15,17-19,21,31-32H,5-6,8-9,13,16H2,1-4H3,(H,30,33). The van der Waals surface area contributed by atoms with Gasteiger partial charge in [0.05, 0.1) is 43.0 Å². The van der Waals surface area contributed by atoms with Gasteiger partial charge in [0, 0.05) is 17.7 Å². The predicted octanol–water partition coefficient (Wildman–Crippen LogP) is 5.15. The number of carbonyl (C=O) groups is 2. The molecule has 3 rings (SSSR count). The van der Waals surface area contributed by atoms with Crippen LogP contribution in [0.25, 0.3) is 0 Å². The Morgan fingerprint density at radius 2 is 1.81 bits per heavy atom. The van der Waals surface area contributed by atoms with Crippen LogP contribution >= 0.6 is 11.6 Å². The van der Waals surface area contributed by atoms with E-state index in [0.29, 0.717) is 35.2 Å². The molecule has 0 spiro atoms. The minimum absolute atomic E-state index is 0.0242. The Morgan fingerprint density at radius 3 is 2.42 bits per heavy atom. The number of benzene rings is 2. The number of aliphatic hydroxyl groups excluding tert-OH is 1. The number of carbonyl (C=O) groups excluding carboxylic acids is 2. The first-order chi connectivity index (χ1) is 17.2. The molecule has 0 aliphatic heterocycles. The lowest BCUT2D eigenvalue weighted by molar-refractivity contribution is -0.146. The Kier molecular flexibility index (Phi) is 10.0. The summed E-state index contributed by atoms with van der Waals surface area (Å²) in [6, 6.07) is 11.0. The molecule has 2 unspecified atom stereocenters. The van der Waals surface area contributed by atoms with Gasteiger partial charge in [-0.3, -0.25) is 9.59 Å². The highest BCUT2D eigenvalue weighted by Gasteiger charge is 2.27. The van der Waals surface area contributed by atoms with Crippen LogP contribution in [0.2, 0.25) is 5.02 Å². The van der Waals surface area contributed by atoms with Crippen LogP contribution in [0.5, 0.6) is 5.75 Å². The van der Waals surface area contributed by atoms with Gasteiger partial charge < -0.3 is 25.2 Å². The number of amides is 1. The smallest absolute Gasteiger partial charge is 0.308 e. The quantitative estimate of drug-likeness (QED) is 0.378. The zero-order valence-corrected chi connectivity index (χ0v) is 22.2. The van der Waals surface area contributed by atoms with E-state index >= 15 is 0 Å². The third kappa shape index (κ3) is 7.37. The molecule has 1 fully saturated rings. The van der Waals surface area contributed by atoms with E-state index in [0.717, 1.165) is 42.6 Å². The molecule has 1 aliphatic carbocycles. The fourth-order valence-corrected chi connectivity index (χ4v) is 5.02. The number of esters is 1. The lowest BCUT2D eigenvalue weighted by Gasteiger charge is -2.27. The van der Waals surface area contributed by atoms with Crippen molar-refractivity contribution in [1.82, 2.24) is 5.32 Å². The molecule has 1 saturated carbocycles. The SMILES string of the molecule is COC(=O)C1CCC(CNC(=O)c2ccc(NC(C)c3cc(CC(C)O)ccc3OC)c(Cl)c2)CC1. The van der Waals surface area contributed by atoms with Gasteiger partial charge in [0.1, 0.15) is 5.75 Å². The first kappa shape index (κ1) is 27.8. The summed E-state index contributed by atoms with van der Waals surface area (Å²) in [4.78, 5) is 24.4. The van der Waals surface area contributed by atoms with Crippen LogP contribution in [0.3, 0.4) is 0 Å². The van der Waals surface area contributed by atoms with Crippen molar-refractivity contribution in [2.75, 3.05) is 26.1 Å². The summed E-state index contributed by atoms with van der Waals surface area (Å²) in [5.74, 6) is 0.771. The highest BCUT2D eigenvalue weighted by atomic mass is 35.5. The van der Waals surface area contributed by atoms with Crippen LogP contribution in [0.15, 0.2) is 36.4 Å². The maximum absolute atomic E-state index is 12.7. The average molecular weight is 517 g/mol. The number of hydrogen-bond acceptors (Lipinski definition) is 6. The monoisotopic (exact) mass is 516 g/mol. The molecule has 8 heteroatoms. The second-order valence-electron chi connectivity index (χ2n) is 9.64. The Bertz CT molecular complexity index is 1050. The second-order valence-corrected chi connectivity index (χ2v) is 10.0. The number of anilines is 1. The van der Waals surface area contributed by atoms with Crippen molar-refractivity contribution in [3.63, 3.8) is 0 Å². The topological polar surface area (TPSA) is 96.9 Å². The Balaban J connectivity index is 1.59. The van der Waals surface area contributed by atoms with Gasteiger partial charge >= 0.3 is 5.97 Å². The second kappa shape index (κ2) is 13.0. The fourth-order valence-electron chi connectivity index (χ4n) is 4.78. The number of hydrogen-bond donors (Lipinski definition) is 3. The van der Waals surface area contributed by atoms with Crippen LogP contribution in [-0.4, -0.2) is 43.9 Å². The van der Waals surface area contributed by atoms with Crippen molar-refractivity contribution in [3.05, 3.63) is 58.1 Å². The number of nitrogens with one attached hydrogen (secondary N) is 2. The van der Waals surface area contributed by atoms with E-state index in [1.165, 1.54) is 7.11 Å². The molecule has 3 N–H and O–H groups in total. The molecule has 1 aliphatic rings. The van der Waals surface area contributed by atoms with Crippen LogP contribution < -0.4 is 15.4 Å². The molecule has 0 radical (unpaired) electrons. The van der Waals surface area contributed by atoms with Crippen molar-refractivity contribution >= 4 is 29.2 Å². The summed E-state index contributed by atoms with van der Waals surface area (Å²) in [6.07, 6.45) is 3.50. The molecule has 2 aromatic carbocycles. The highest BCUT2D eigenvalue weighted by Crippen LogP contribution is 2.33. The van der Waals surface area contributed by atoms with E-state index in [4.69, 9.17) is 21.1 Å². The summed E-state index contributed by atoms with van der Waals surface area (Å²) in [5, 5.41) is 16.6. The lowest BCUT2D eigenvalue weighted by Crippen LogP contribution is -2.32. The number of methoxy groups -OCH3 is 2. The maximum Gasteiger partial charge on any atom is 0.308 e. The van der Waals surface area contributed by atoms with Gasteiger partial charge in [0.15, 0.2) is 0 Å². The van der Waals surface area contributed by atoms with E-state index in [1.54, 1.807) is 32.2 Å². The summed E-state index contributed by atoms with van der Waals surface area (Å²) < 4.78 is 10.4. The van der Waals surface area contributed by atoms with Gasteiger partial charge in [-0.2, -0.15) is 0 Å². The summed E-state index contributed by atoms with van der Waals surface area (Å²) in [7, 11) is 3.06. The first-order valence-electron chi connectivity index (χ1n) is 12.5. The third-order valence-electron chi connectivity index (χ3n) is 6.83. The van der Waals surface area contributed by atoms with Crippen molar-refractivity contribution < 1.29 is 24.2 Å². The Hall–Kier alpha value is -2.77. The predicted molar refractivity (Wildman–Crippen MR) is 142 cm³/mol. The number of aliphatic hydroxyl groups is 1. The molecule has 0 bridgehead atoms. The van der Waals surface area contributed by atoms with Crippen LogP contribution in [0, 0.1) is 11.8 Å². The first-order valence-corrected chi connectivity index (χ1v) is 12.9. The maximum atomic E-state index is 12.7. The van der Waals surface area contributed by atoms with E-state index in [1.807, 2.05) is 25.1 Å². The van der Waals surface area contributed by atoms with Crippen LogP contribution in [0.1, 0.15) is 67.1 Å². The van der Waals surface area contributed by atoms with E-state index in [9.17, 15) is 14.7 Å². The van der Waals surface area contributed by atoms with Crippen molar-refractivity contribution in [2.45, 2.75) is 58.1 Å². The molecule has 196 valence electrons. The van der Waals surface area contributed by atoms with Gasteiger partial charge in [0.25, 0.3) is 5.91 Å². The Labute approximate surface area is 218 Å². The lowest BCUT2D eigenvalue weighted by atomic mass is 9.82. The molecular weight excluding hydrogens is 480 g/mol. The minimum Gasteiger partial charge on any atom is -0.496 e. The molecule has 36 heavy (non-hydrogen) atoms. The summed E-state index contributed by atoms with van der Waals surface area (Å²) in [6.45, 7) is 4.35. The average Bonchev–Trinajstić information content (AvgIpc) is 2.87. The molecule has 2 aromatic rings. The molecular formula is C28H37ClN2O5. The van der Waals surface area contributed by atoms with Crippen molar-refractivity contribution in [3.8, 4) is 5.75 Å². The van der Waals surface area contributed by atoms with E-state index in [2.05, 4.69) is 10.6 Å². The molecule has 7 nitrogen and oxygen atoms in total. The van der Waals surface area contributed by atoms with Gasteiger partial charge in [-0.05, 0) is 87.8 Å². The highest BCUT2D eigenvalue weighted by molar-refractivity contribution is 6.33. The molecule has 2 atom stereocenters. The van der Waals surface area contributed by atoms with Gasteiger partial charge in [-0.25, -0.2) is 0 Å². The molecule has 0 saturated heterocycles. The molecule has 0 aromatic heterocycles. The summed E-state index contributed by atoms with van der Waals surface area (Å²) >= 11 is 6.54. The van der Waals surface area contributed by atoms with Gasteiger partial charge in [-0.1, -0.05) is 17.7 Å². The number of ether oxygens (including phenoxy) is 2. The summed E-state index contributed by atoms with van der Waals surface area (Å²) in [5.41, 5.74) is 3.18. The van der Waals surface area contributed by atoms with Crippen molar-refractivity contribution in [2.24, 2.45) is 11.8 Å². The zero-order valence-electron chi connectivity index (χ0n) is 21.5. The van der Waals surface area contributed by atoms with Crippen molar-refractivity contribution in [1.29, 1.82) is 0 Å². The zero-order chi connectivity index (χ0) is 26.2. The largest absolute Gasteiger partial charge is 0.496 e. The number of halogens is 1. The van der Waals surface area contributed by atoms with E-state index in [-0.39, 0.29) is 23.8 Å². The number of rotatable bonds is 10. The van der Waals surface area contributed by atoms with Gasteiger partial charge in [-0.15, -0.1) is 0 Å². The normalized spacial score (nSPS) is 19.2. The van der Waals surface area contributed by atoms with Crippen LogP contribution in [0.4, 0.5) is 5.69 Å². The third-order valence-corrected chi connectivity index (χ3v) is 7.14. The fraction of sp³-hybridized carbons (Fsp3) is 0.500. The minimum atomic E-state index is -0.433. The van der Waals surface area contributed by atoms with Gasteiger partial charge in [0.2, 0.25) is 0 Å². The molecule has 1 amide bonds. The Morgan fingerprint density at radius 1 is 1.08 bits per heavy atom. The van der Waals surface area contributed by atoms with E-state index < -0.39 is 6.10 Å². The van der Waals surface area contributed by atoms with Crippen LogP contribution in [-0.2, 0) is 16.0 Å².